The van der Waals surface area contributed by atoms with Crippen LogP contribution in [0.2, 0.25) is 0 Å². The number of aromatic nitrogens is 1. The highest BCUT2D eigenvalue weighted by Crippen LogP contribution is 2.35. The van der Waals surface area contributed by atoms with Gasteiger partial charge >= 0.3 is 6.18 Å². The minimum atomic E-state index is -4.34. The van der Waals surface area contributed by atoms with Crippen molar-refractivity contribution in [2.75, 3.05) is 11.9 Å². The van der Waals surface area contributed by atoms with Gasteiger partial charge in [0.25, 0.3) is 0 Å². The summed E-state index contributed by atoms with van der Waals surface area (Å²) in [6.45, 7) is 0.430. The van der Waals surface area contributed by atoms with Gasteiger partial charge in [-0.05, 0) is 11.6 Å². The van der Waals surface area contributed by atoms with Crippen molar-refractivity contribution in [1.82, 2.24) is 4.98 Å². The molecule has 3 nitrogen and oxygen atoms in total. The number of hydrogen-bond donors (Lipinski definition) is 1. The third-order valence-electron chi connectivity index (χ3n) is 2.98. The molecule has 1 N–H and O–H groups in total. The Morgan fingerprint density at radius 1 is 1.35 bits per heavy atom. The Kier molecular flexibility index (Phi) is 3.29. The van der Waals surface area contributed by atoms with E-state index >= 15 is 0 Å². The maximum absolute atomic E-state index is 12.4. The molecule has 0 fully saturated rings. The van der Waals surface area contributed by atoms with Crippen molar-refractivity contribution in [2.24, 2.45) is 0 Å². The molecule has 0 saturated heterocycles. The summed E-state index contributed by atoms with van der Waals surface area (Å²) in [6, 6.07) is 7.71. The van der Waals surface area contributed by atoms with Gasteiger partial charge in [0.1, 0.15) is 16.7 Å². The molecule has 0 radical (unpaired) electrons. The zero-order valence-corrected chi connectivity index (χ0v) is 11.1. The Balaban J connectivity index is 1.58. The van der Waals surface area contributed by atoms with E-state index in [1.807, 2.05) is 24.3 Å². The second-order valence-corrected chi connectivity index (χ2v) is 5.49. The molecule has 1 aromatic carbocycles. The maximum Gasteiger partial charge on any atom is 0.427 e. The van der Waals surface area contributed by atoms with Gasteiger partial charge in [0, 0.05) is 6.42 Å². The summed E-state index contributed by atoms with van der Waals surface area (Å²) in [7, 11) is 0. The molecule has 0 saturated carbocycles. The second-order valence-electron chi connectivity index (χ2n) is 4.46. The normalized spacial score (nSPS) is 17.6. The van der Waals surface area contributed by atoms with Crippen molar-refractivity contribution in [3.8, 4) is 5.75 Å². The Morgan fingerprint density at radius 2 is 2.15 bits per heavy atom. The average molecular weight is 300 g/mol. The summed E-state index contributed by atoms with van der Waals surface area (Å²) in [5.41, 5.74) is 1.12. The van der Waals surface area contributed by atoms with Crippen molar-refractivity contribution in [2.45, 2.75) is 18.7 Å². The number of para-hydroxylation sites is 1. The highest BCUT2D eigenvalue weighted by molar-refractivity contribution is 7.15. The number of nitrogens with one attached hydrogen (secondary N) is 1. The quantitative estimate of drug-likeness (QED) is 0.941. The number of benzene rings is 1. The van der Waals surface area contributed by atoms with Crippen LogP contribution in [0.5, 0.6) is 5.75 Å². The van der Waals surface area contributed by atoms with Gasteiger partial charge < -0.3 is 10.1 Å². The minimum absolute atomic E-state index is 0.0781. The van der Waals surface area contributed by atoms with Gasteiger partial charge in [0.15, 0.2) is 5.13 Å². The number of anilines is 1. The molecule has 1 aromatic heterocycles. The highest BCUT2D eigenvalue weighted by Gasteiger charge is 2.33. The van der Waals surface area contributed by atoms with Crippen molar-refractivity contribution in [1.29, 1.82) is 0 Å². The predicted molar refractivity (Wildman–Crippen MR) is 70.2 cm³/mol. The lowest BCUT2D eigenvalue weighted by molar-refractivity contribution is -0.134. The van der Waals surface area contributed by atoms with Crippen LogP contribution in [0.15, 0.2) is 30.5 Å². The Labute approximate surface area is 117 Å². The standard InChI is InChI=1S/C13H11F3N2OS/c14-13(15,16)11-7-18-12(20-11)17-6-9-5-8-3-1-2-4-10(8)19-9/h1-4,7,9H,5-6H2,(H,17,18). The summed E-state index contributed by atoms with van der Waals surface area (Å²) < 4.78 is 43.0. The molecule has 0 amide bonds. The summed E-state index contributed by atoms with van der Waals surface area (Å²) >= 11 is 0.604. The second kappa shape index (κ2) is 4.97. The predicted octanol–water partition coefficient (Wildman–Crippen LogP) is 3.58. The first-order chi connectivity index (χ1) is 9.52. The van der Waals surface area contributed by atoms with Gasteiger partial charge in [-0.25, -0.2) is 4.98 Å². The molecule has 2 aromatic rings. The van der Waals surface area contributed by atoms with E-state index < -0.39 is 11.1 Å². The topological polar surface area (TPSA) is 34.2 Å². The first kappa shape index (κ1) is 13.2. The van der Waals surface area contributed by atoms with Crippen LogP contribution in [-0.2, 0) is 12.6 Å². The van der Waals surface area contributed by atoms with E-state index in [9.17, 15) is 13.2 Å². The van der Waals surface area contributed by atoms with Crippen molar-refractivity contribution >= 4 is 16.5 Å². The number of alkyl halides is 3. The molecule has 2 heterocycles. The fourth-order valence-corrected chi connectivity index (χ4v) is 2.75. The molecule has 106 valence electrons. The van der Waals surface area contributed by atoms with Crippen molar-refractivity contribution in [3.63, 3.8) is 0 Å². The van der Waals surface area contributed by atoms with Gasteiger partial charge in [-0.2, -0.15) is 13.2 Å². The highest BCUT2D eigenvalue weighted by atomic mass is 32.1. The number of fused-ring (bicyclic) bond motifs is 1. The molecule has 1 atom stereocenters. The van der Waals surface area contributed by atoms with Crippen LogP contribution in [0.1, 0.15) is 10.4 Å². The molecule has 7 heteroatoms. The lowest BCUT2D eigenvalue weighted by Crippen LogP contribution is -2.23. The van der Waals surface area contributed by atoms with E-state index in [0.717, 1.165) is 23.9 Å². The SMILES string of the molecule is FC(F)(F)c1cnc(NCC2Cc3ccccc3O2)s1. The van der Waals surface area contributed by atoms with Crippen LogP contribution in [0.4, 0.5) is 18.3 Å². The van der Waals surface area contributed by atoms with Crippen LogP contribution in [0.25, 0.3) is 0 Å². The van der Waals surface area contributed by atoms with Gasteiger partial charge in [-0.1, -0.05) is 29.5 Å². The van der Waals surface area contributed by atoms with E-state index in [0.29, 0.717) is 17.9 Å². The lowest BCUT2D eigenvalue weighted by Gasteiger charge is -2.10. The van der Waals surface area contributed by atoms with Crippen LogP contribution >= 0.6 is 11.3 Å². The average Bonchev–Trinajstić information content (AvgIpc) is 3.02. The fourth-order valence-electron chi connectivity index (χ4n) is 2.06. The molecule has 1 unspecified atom stereocenters. The smallest absolute Gasteiger partial charge is 0.427 e. The monoisotopic (exact) mass is 300 g/mol. The largest absolute Gasteiger partial charge is 0.488 e. The summed E-state index contributed by atoms with van der Waals surface area (Å²) in [5.74, 6) is 0.842. The molecule has 1 aliphatic heterocycles. The van der Waals surface area contributed by atoms with E-state index in [4.69, 9.17) is 4.74 Å². The zero-order chi connectivity index (χ0) is 14.2. The van der Waals surface area contributed by atoms with Crippen LogP contribution in [-0.4, -0.2) is 17.6 Å². The van der Waals surface area contributed by atoms with Gasteiger partial charge in [0.05, 0.1) is 12.7 Å². The van der Waals surface area contributed by atoms with Crippen molar-refractivity contribution in [3.05, 3.63) is 40.9 Å². The maximum atomic E-state index is 12.4. The van der Waals surface area contributed by atoms with E-state index in [1.54, 1.807) is 0 Å². The molecular weight excluding hydrogens is 289 g/mol. The van der Waals surface area contributed by atoms with E-state index in [1.165, 1.54) is 0 Å². The third kappa shape index (κ3) is 2.72. The molecule has 0 aliphatic carbocycles. The van der Waals surface area contributed by atoms with Crippen molar-refractivity contribution < 1.29 is 17.9 Å². The number of rotatable bonds is 3. The third-order valence-corrected chi connectivity index (χ3v) is 3.98. The first-order valence-corrected chi connectivity index (χ1v) is 6.85. The Hall–Kier alpha value is -1.76. The van der Waals surface area contributed by atoms with Crippen LogP contribution in [0, 0.1) is 0 Å². The number of thiazole rings is 1. The van der Waals surface area contributed by atoms with Gasteiger partial charge in [-0.15, -0.1) is 0 Å². The van der Waals surface area contributed by atoms with E-state index in [2.05, 4.69) is 10.3 Å². The Morgan fingerprint density at radius 3 is 2.85 bits per heavy atom. The van der Waals surface area contributed by atoms with Crippen LogP contribution < -0.4 is 10.1 Å². The van der Waals surface area contributed by atoms with E-state index in [-0.39, 0.29) is 11.2 Å². The molecular formula is C13H11F3N2OS. The summed E-state index contributed by atoms with van der Waals surface area (Å²) in [5, 5.41) is 3.16. The molecule has 20 heavy (non-hydrogen) atoms. The van der Waals surface area contributed by atoms with Gasteiger partial charge in [0.2, 0.25) is 0 Å². The lowest BCUT2D eigenvalue weighted by atomic mass is 10.1. The van der Waals surface area contributed by atoms with Crippen LogP contribution in [0.3, 0.4) is 0 Å². The summed E-state index contributed by atoms with van der Waals surface area (Å²) in [4.78, 5) is 3.03. The fraction of sp³-hybridized carbons (Fsp3) is 0.308. The Bertz CT molecular complexity index is 587. The molecule has 0 spiro atoms. The van der Waals surface area contributed by atoms with Gasteiger partial charge in [-0.3, -0.25) is 0 Å². The molecule has 1 aliphatic rings. The molecule has 0 bridgehead atoms. The zero-order valence-electron chi connectivity index (χ0n) is 10.3. The summed E-state index contributed by atoms with van der Waals surface area (Å²) in [6.07, 6.45) is -2.82. The molecule has 3 rings (SSSR count). The first-order valence-electron chi connectivity index (χ1n) is 6.04. The number of halogens is 3. The number of ether oxygens (including phenoxy) is 1. The minimum Gasteiger partial charge on any atom is -0.488 e. The number of hydrogen-bond acceptors (Lipinski definition) is 4. The number of nitrogens with zero attached hydrogens (tertiary/aromatic N) is 1.